The predicted octanol–water partition coefficient (Wildman–Crippen LogP) is 3.08. The maximum absolute atomic E-state index is 14.3. The first-order valence-corrected chi connectivity index (χ1v) is 12.7. The Balaban J connectivity index is 1.35. The number of halogens is 1. The normalized spacial score (nSPS) is 21.1. The summed E-state index contributed by atoms with van der Waals surface area (Å²) in [6.07, 6.45) is 3.12. The topological polar surface area (TPSA) is 73.5 Å². The lowest BCUT2D eigenvalue weighted by atomic mass is 9.81. The van der Waals surface area contributed by atoms with Crippen LogP contribution < -0.4 is 11.2 Å². The van der Waals surface area contributed by atoms with E-state index in [2.05, 4.69) is 0 Å². The van der Waals surface area contributed by atoms with Crippen molar-refractivity contribution >= 4 is 27.5 Å². The quantitative estimate of drug-likeness (QED) is 0.557. The van der Waals surface area contributed by atoms with Gasteiger partial charge >= 0.3 is 5.69 Å². The van der Waals surface area contributed by atoms with E-state index in [1.54, 1.807) is 29.6 Å². The monoisotopic (exact) mass is 485 g/mol. The van der Waals surface area contributed by atoms with E-state index in [9.17, 15) is 18.8 Å². The van der Waals surface area contributed by atoms with Gasteiger partial charge in [0, 0.05) is 31.1 Å². The molecule has 34 heavy (non-hydrogen) atoms. The summed E-state index contributed by atoms with van der Waals surface area (Å²) in [4.78, 5) is 41.3. The van der Waals surface area contributed by atoms with Crippen molar-refractivity contribution in [3.8, 4) is 0 Å². The maximum atomic E-state index is 14.3. The Hall–Kier alpha value is -2.78. The van der Waals surface area contributed by atoms with Crippen LogP contribution in [0, 0.1) is 17.7 Å². The summed E-state index contributed by atoms with van der Waals surface area (Å²) >= 11 is 1.30. The molecule has 5 rings (SSSR count). The van der Waals surface area contributed by atoms with Crippen molar-refractivity contribution in [1.29, 1.82) is 0 Å². The van der Waals surface area contributed by atoms with E-state index in [0.717, 1.165) is 25.7 Å². The zero-order valence-electron chi connectivity index (χ0n) is 19.0. The standard InChI is InChI=1S/C25H28FN3O4S/c26-20-4-2-1-3-19(20)16-28-21-9-14-34-22(21)24(31)29(25(28)32)15-17-5-7-18(8-6-17)23(30)27-10-12-33-13-11-27/h1-4,9,14,17-18H,5-8,10-13,15-16H2. The van der Waals surface area contributed by atoms with Gasteiger partial charge in [-0.25, -0.2) is 9.18 Å². The molecular weight excluding hydrogens is 457 g/mol. The average molecular weight is 486 g/mol. The van der Waals surface area contributed by atoms with Crippen molar-refractivity contribution in [3.05, 3.63) is 67.9 Å². The van der Waals surface area contributed by atoms with Crippen LogP contribution in [0.3, 0.4) is 0 Å². The van der Waals surface area contributed by atoms with Gasteiger partial charge in [0.2, 0.25) is 5.91 Å². The second kappa shape index (κ2) is 9.84. The van der Waals surface area contributed by atoms with E-state index in [0.29, 0.717) is 48.6 Å². The fraction of sp³-hybridized carbons (Fsp3) is 0.480. The maximum Gasteiger partial charge on any atom is 0.331 e. The summed E-state index contributed by atoms with van der Waals surface area (Å²) in [6, 6.07) is 8.13. The number of fused-ring (bicyclic) bond motifs is 1. The predicted molar refractivity (Wildman–Crippen MR) is 129 cm³/mol. The lowest BCUT2D eigenvalue weighted by molar-refractivity contribution is -0.141. The van der Waals surface area contributed by atoms with Crippen molar-refractivity contribution < 1.29 is 13.9 Å². The second-order valence-electron chi connectivity index (χ2n) is 9.17. The van der Waals surface area contributed by atoms with Crippen molar-refractivity contribution in [1.82, 2.24) is 14.0 Å². The number of nitrogens with zero attached hydrogens (tertiary/aromatic N) is 3. The molecule has 0 spiro atoms. The van der Waals surface area contributed by atoms with Crippen LogP contribution in [0.1, 0.15) is 31.2 Å². The third kappa shape index (κ3) is 4.46. The molecule has 3 heterocycles. The Kier molecular flexibility index (Phi) is 6.65. The number of hydrogen-bond acceptors (Lipinski definition) is 5. The van der Waals surface area contributed by atoms with Crippen LogP contribution >= 0.6 is 11.3 Å². The average Bonchev–Trinajstić information content (AvgIpc) is 3.36. The van der Waals surface area contributed by atoms with E-state index in [1.165, 1.54) is 26.5 Å². The summed E-state index contributed by atoms with van der Waals surface area (Å²) < 4.78 is 23.0. The largest absolute Gasteiger partial charge is 0.378 e. The Bertz CT molecular complexity index is 1300. The number of benzene rings is 1. The van der Waals surface area contributed by atoms with Crippen LogP contribution in [0.2, 0.25) is 0 Å². The molecule has 1 saturated heterocycles. The van der Waals surface area contributed by atoms with Crippen molar-refractivity contribution in [2.45, 2.75) is 38.8 Å². The summed E-state index contributed by atoms with van der Waals surface area (Å²) in [5, 5.41) is 1.79. The molecule has 0 atom stereocenters. The molecule has 0 radical (unpaired) electrons. The Morgan fingerprint density at radius 1 is 1.03 bits per heavy atom. The summed E-state index contributed by atoms with van der Waals surface area (Å²) in [5.74, 6) is -0.0213. The molecule has 1 saturated carbocycles. The lowest BCUT2D eigenvalue weighted by Crippen LogP contribution is -2.45. The number of aromatic nitrogens is 2. The van der Waals surface area contributed by atoms with Crippen LogP contribution in [0.15, 0.2) is 45.3 Å². The molecule has 180 valence electrons. The number of rotatable bonds is 5. The molecule has 1 aromatic carbocycles. The molecule has 7 nitrogen and oxygen atoms in total. The van der Waals surface area contributed by atoms with Crippen LogP contribution in [0.25, 0.3) is 10.2 Å². The van der Waals surface area contributed by atoms with E-state index in [4.69, 9.17) is 4.74 Å². The fourth-order valence-corrected chi connectivity index (χ4v) is 5.98. The van der Waals surface area contributed by atoms with E-state index in [-0.39, 0.29) is 35.7 Å². The number of carbonyl (C=O) groups excluding carboxylic acids is 1. The molecule has 0 unspecified atom stereocenters. The molecule has 1 amide bonds. The van der Waals surface area contributed by atoms with Gasteiger partial charge in [-0.15, -0.1) is 11.3 Å². The SMILES string of the molecule is O=C(C1CCC(Cn2c(=O)c3sccc3n(Cc3ccccc3F)c2=O)CC1)N1CCOCC1. The van der Waals surface area contributed by atoms with Gasteiger partial charge in [0.05, 0.1) is 25.3 Å². The van der Waals surface area contributed by atoms with Gasteiger partial charge in [0.15, 0.2) is 0 Å². The highest BCUT2D eigenvalue weighted by Crippen LogP contribution is 2.31. The Labute approximate surface area is 200 Å². The van der Waals surface area contributed by atoms with E-state index >= 15 is 0 Å². The number of morpholine rings is 1. The minimum absolute atomic E-state index is 0.00330. The van der Waals surface area contributed by atoms with Crippen LogP contribution in [0.4, 0.5) is 4.39 Å². The number of amides is 1. The number of thiophene rings is 1. The highest BCUT2D eigenvalue weighted by Gasteiger charge is 2.31. The summed E-state index contributed by atoms with van der Waals surface area (Å²) in [6.45, 7) is 2.87. The molecule has 3 aromatic rings. The molecule has 2 aliphatic rings. The lowest BCUT2D eigenvalue weighted by Gasteiger charge is -2.34. The van der Waals surface area contributed by atoms with Crippen LogP contribution in [-0.2, 0) is 22.6 Å². The van der Waals surface area contributed by atoms with E-state index in [1.807, 2.05) is 4.90 Å². The molecule has 0 bridgehead atoms. The van der Waals surface area contributed by atoms with Gasteiger partial charge < -0.3 is 9.64 Å². The van der Waals surface area contributed by atoms with Gasteiger partial charge in [-0.1, -0.05) is 18.2 Å². The molecule has 2 aromatic heterocycles. The molecular formula is C25H28FN3O4S. The molecule has 1 aliphatic carbocycles. The van der Waals surface area contributed by atoms with Crippen LogP contribution in [0.5, 0.6) is 0 Å². The number of carbonyl (C=O) groups is 1. The first-order chi connectivity index (χ1) is 16.5. The fourth-order valence-electron chi connectivity index (χ4n) is 5.14. The van der Waals surface area contributed by atoms with Gasteiger partial charge in [0.25, 0.3) is 5.56 Å². The summed E-state index contributed by atoms with van der Waals surface area (Å²) in [7, 11) is 0. The Morgan fingerprint density at radius 2 is 1.76 bits per heavy atom. The number of ether oxygens (including phenoxy) is 1. The molecule has 9 heteroatoms. The van der Waals surface area contributed by atoms with Gasteiger partial charge in [0.1, 0.15) is 10.5 Å². The minimum Gasteiger partial charge on any atom is -0.378 e. The summed E-state index contributed by atoms with van der Waals surface area (Å²) in [5.41, 5.74) is 0.251. The van der Waals surface area contributed by atoms with Crippen molar-refractivity contribution in [2.75, 3.05) is 26.3 Å². The molecule has 1 aliphatic heterocycles. The van der Waals surface area contributed by atoms with Gasteiger partial charge in [-0.2, -0.15) is 0 Å². The first kappa shape index (κ1) is 23.0. The molecule has 0 N–H and O–H groups in total. The van der Waals surface area contributed by atoms with Gasteiger partial charge in [-0.05, 0) is 49.1 Å². The third-order valence-corrected chi connectivity index (χ3v) is 7.97. The molecule has 2 fully saturated rings. The van der Waals surface area contributed by atoms with E-state index < -0.39 is 5.69 Å². The zero-order chi connectivity index (χ0) is 23.7. The highest BCUT2D eigenvalue weighted by atomic mass is 32.1. The van der Waals surface area contributed by atoms with Crippen molar-refractivity contribution in [3.63, 3.8) is 0 Å². The highest BCUT2D eigenvalue weighted by molar-refractivity contribution is 7.17. The smallest absolute Gasteiger partial charge is 0.331 e. The van der Waals surface area contributed by atoms with Crippen molar-refractivity contribution in [2.24, 2.45) is 11.8 Å². The zero-order valence-corrected chi connectivity index (χ0v) is 19.8. The third-order valence-electron chi connectivity index (χ3n) is 7.08. The van der Waals surface area contributed by atoms with Gasteiger partial charge in [-0.3, -0.25) is 18.7 Å². The second-order valence-corrected chi connectivity index (χ2v) is 10.1. The van der Waals surface area contributed by atoms with Crippen LogP contribution in [-0.4, -0.2) is 46.2 Å². The Morgan fingerprint density at radius 3 is 2.50 bits per heavy atom. The minimum atomic E-state index is -0.411. The number of hydrogen-bond donors (Lipinski definition) is 0. The first-order valence-electron chi connectivity index (χ1n) is 11.8.